The summed E-state index contributed by atoms with van der Waals surface area (Å²) in [5.41, 5.74) is 0.241. The van der Waals surface area contributed by atoms with Crippen molar-refractivity contribution in [2.45, 2.75) is 45.1 Å². The number of amides is 1. The fraction of sp³-hybridized carbons (Fsp3) is 0.938. The van der Waals surface area contributed by atoms with Gasteiger partial charge in [-0.25, -0.2) is 0 Å². The first-order valence-corrected chi connectivity index (χ1v) is 8.31. The van der Waals surface area contributed by atoms with Gasteiger partial charge in [-0.05, 0) is 38.6 Å². The minimum atomic E-state index is -0.311. The normalized spacial score (nSPS) is 25.9. The summed E-state index contributed by atoms with van der Waals surface area (Å²) in [6, 6.07) is 0. The molecule has 0 aromatic heterocycles. The lowest BCUT2D eigenvalue weighted by molar-refractivity contribution is -0.138. The summed E-state index contributed by atoms with van der Waals surface area (Å²) in [6.07, 6.45) is 5.67. The Morgan fingerprint density at radius 1 is 1.43 bits per heavy atom. The molecule has 2 aliphatic rings. The monoisotopic (exact) mass is 298 g/mol. The van der Waals surface area contributed by atoms with Gasteiger partial charge in [-0.15, -0.1) is 0 Å². The number of morpholine rings is 1. The molecule has 21 heavy (non-hydrogen) atoms. The highest BCUT2D eigenvalue weighted by molar-refractivity contribution is 5.81. The number of hydrogen-bond donors (Lipinski definition) is 1. The van der Waals surface area contributed by atoms with Gasteiger partial charge in [-0.1, -0.05) is 12.8 Å². The topological polar surface area (TPSA) is 50.8 Å². The van der Waals surface area contributed by atoms with Crippen LogP contribution < -0.4 is 5.32 Å². The van der Waals surface area contributed by atoms with Crippen molar-refractivity contribution in [1.29, 1.82) is 0 Å². The molecule has 0 bridgehead atoms. The highest BCUT2D eigenvalue weighted by atomic mass is 16.5. The Morgan fingerprint density at radius 3 is 2.86 bits per heavy atom. The van der Waals surface area contributed by atoms with Crippen LogP contribution in [0.15, 0.2) is 0 Å². The minimum absolute atomic E-state index is 0.0456. The predicted octanol–water partition coefficient (Wildman–Crippen LogP) is 1.42. The molecule has 2 rings (SSSR count). The van der Waals surface area contributed by atoms with Crippen LogP contribution in [0.2, 0.25) is 0 Å². The molecule has 5 nitrogen and oxygen atoms in total. The lowest BCUT2D eigenvalue weighted by Crippen LogP contribution is -2.50. The Bertz CT molecular complexity index is 329. The number of carbonyl (C=O) groups is 1. The molecule has 0 radical (unpaired) electrons. The Morgan fingerprint density at radius 2 is 2.19 bits per heavy atom. The first kappa shape index (κ1) is 16.7. The molecule has 1 saturated carbocycles. The third-order valence-corrected chi connectivity index (χ3v) is 4.84. The van der Waals surface area contributed by atoms with E-state index in [-0.39, 0.29) is 17.4 Å². The van der Waals surface area contributed by atoms with Crippen LogP contribution in [-0.4, -0.2) is 63.4 Å². The average Bonchev–Trinajstić information content (AvgIpc) is 2.94. The van der Waals surface area contributed by atoms with Crippen LogP contribution in [0.3, 0.4) is 0 Å². The van der Waals surface area contributed by atoms with Crippen LogP contribution in [0.5, 0.6) is 0 Å². The molecule has 1 aliphatic heterocycles. The molecule has 0 aromatic rings. The quantitative estimate of drug-likeness (QED) is 0.722. The summed E-state index contributed by atoms with van der Waals surface area (Å²) >= 11 is 0. The smallest absolute Gasteiger partial charge is 0.250 e. The first-order chi connectivity index (χ1) is 10.2. The lowest BCUT2D eigenvalue weighted by atomic mass is 9.83. The summed E-state index contributed by atoms with van der Waals surface area (Å²) < 4.78 is 11.1. The zero-order valence-corrected chi connectivity index (χ0v) is 13.5. The van der Waals surface area contributed by atoms with E-state index in [1.165, 1.54) is 25.7 Å². The highest BCUT2D eigenvalue weighted by Crippen LogP contribution is 2.40. The van der Waals surface area contributed by atoms with Crippen molar-refractivity contribution in [3.63, 3.8) is 0 Å². The van der Waals surface area contributed by atoms with Gasteiger partial charge in [-0.3, -0.25) is 4.79 Å². The second kappa shape index (κ2) is 8.11. The highest BCUT2D eigenvalue weighted by Gasteiger charge is 2.35. The predicted molar refractivity (Wildman–Crippen MR) is 82.3 cm³/mol. The van der Waals surface area contributed by atoms with Gasteiger partial charge in [0.2, 0.25) is 5.91 Å². The second-order valence-corrected chi connectivity index (χ2v) is 6.49. The Kier molecular flexibility index (Phi) is 6.45. The van der Waals surface area contributed by atoms with E-state index in [9.17, 15) is 4.79 Å². The van der Waals surface area contributed by atoms with Crippen molar-refractivity contribution in [2.24, 2.45) is 5.41 Å². The first-order valence-electron chi connectivity index (χ1n) is 8.31. The largest absolute Gasteiger partial charge is 0.382 e. The number of nitrogens with zero attached hydrogens (tertiary/aromatic N) is 1. The van der Waals surface area contributed by atoms with Crippen LogP contribution in [0.25, 0.3) is 0 Å². The van der Waals surface area contributed by atoms with E-state index in [1.54, 1.807) is 0 Å². The van der Waals surface area contributed by atoms with Crippen LogP contribution in [-0.2, 0) is 14.3 Å². The van der Waals surface area contributed by atoms with Gasteiger partial charge in [0.05, 0.1) is 6.61 Å². The van der Waals surface area contributed by atoms with Gasteiger partial charge >= 0.3 is 0 Å². The molecule has 1 unspecified atom stereocenters. The van der Waals surface area contributed by atoms with Crippen molar-refractivity contribution in [3.8, 4) is 0 Å². The molecule has 2 fully saturated rings. The number of nitrogens with one attached hydrogen (secondary N) is 1. The van der Waals surface area contributed by atoms with Crippen molar-refractivity contribution in [3.05, 3.63) is 0 Å². The SMILES string of the molecule is CCOCCC1(CNC(=O)C2CN(C)CCO2)CCCC1. The molecule has 0 spiro atoms. The molecule has 1 aliphatic carbocycles. The summed E-state index contributed by atoms with van der Waals surface area (Å²) in [7, 11) is 2.03. The van der Waals surface area contributed by atoms with Gasteiger partial charge in [0, 0.05) is 32.8 Å². The van der Waals surface area contributed by atoms with E-state index < -0.39 is 0 Å². The van der Waals surface area contributed by atoms with Gasteiger partial charge in [0.25, 0.3) is 0 Å². The van der Waals surface area contributed by atoms with Gasteiger partial charge in [0.1, 0.15) is 6.10 Å². The Hall–Kier alpha value is -0.650. The maximum Gasteiger partial charge on any atom is 0.250 e. The molecule has 122 valence electrons. The van der Waals surface area contributed by atoms with Crippen molar-refractivity contribution in [1.82, 2.24) is 10.2 Å². The van der Waals surface area contributed by atoms with Crippen molar-refractivity contribution < 1.29 is 14.3 Å². The maximum absolute atomic E-state index is 12.3. The summed E-state index contributed by atoms with van der Waals surface area (Å²) in [5.74, 6) is 0.0456. The summed E-state index contributed by atoms with van der Waals surface area (Å²) in [5, 5.41) is 3.14. The van der Waals surface area contributed by atoms with Gasteiger partial charge < -0.3 is 19.7 Å². The third-order valence-electron chi connectivity index (χ3n) is 4.84. The van der Waals surface area contributed by atoms with Gasteiger partial charge in [0.15, 0.2) is 0 Å². The number of carbonyl (C=O) groups excluding carboxylic acids is 1. The fourth-order valence-corrected chi connectivity index (χ4v) is 3.40. The van der Waals surface area contributed by atoms with Crippen molar-refractivity contribution >= 4 is 5.91 Å². The average molecular weight is 298 g/mol. The van der Waals surface area contributed by atoms with E-state index >= 15 is 0 Å². The van der Waals surface area contributed by atoms with Crippen LogP contribution in [0.1, 0.15) is 39.0 Å². The van der Waals surface area contributed by atoms with Gasteiger partial charge in [-0.2, -0.15) is 0 Å². The van der Waals surface area contributed by atoms with E-state index in [1.807, 2.05) is 14.0 Å². The molecule has 1 saturated heterocycles. The molecular weight excluding hydrogens is 268 g/mol. The van der Waals surface area contributed by atoms with Crippen molar-refractivity contribution in [2.75, 3.05) is 46.5 Å². The molecule has 1 heterocycles. The van der Waals surface area contributed by atoms with E-state index in [0.29, 0.717) is 13.2 Å². The summed E-state index contributed by atoms with van der Waals surface area (Å²) in [4.78, 5) is 14.4. The van der Waals surface area contributed by atoms with E-state index in [2.05, 4.69) is 10.2 Å². The Labute approximate surface area is 128 Å². The summed E-state index contributed by atoms with van der Waals surface area (Å²) in [6.45, 7) is 6.60. The fourth-order valence-electron chi connectivity index (χ4n) is 3.40. The molecular formula is C16H30N2O3. The molecule has 1 atom stereocenters. The Balaban J connectivity index is 1.79. The zero-order chi connectivity index (χ0) is 15.1. The standard InChI is InChI=1S/C16H30N2O3/c1-3-20-10-8-16(6-4-5-7-16)13-17-15(19)14-12-18(2)9-11-21-14/h14H,3-13H2,1-2H3,(H,17,19). The zero-order valence-electron chi connectivity index (χ0n) is 13.5. The molecule has 0 aromatic carbocycles. The van der Waals surface area contributed by atoms with Crippen LogP contribution in [0.4, 0.5) is 0 Å². The number of likely N-dealkylation sites (N-methyl/N-ethyl adjacent to an activating group) is 1. The molecule has 1 amide bonds. The molecule has 5 heteroatoms. The molecule has 1 N–H and O–H groups in total. The number of hydrogen-bond acceptors (Lipinski definition) is 4. The van der Waals surface area contributed by atoms with E-state index in [4.69, 9.17) is 9.47 Å². The minimum Gasteiger partial charge on any atom is -0.382 e. The van der Waals surface area contributed by atoms with E-state index in [0.717, 1.165) is 32.7 Å². The number of ether oxygens (including phenoxy) is 2. The van der Waals surface area contributed by atoms with Crippen LogP contribution >= 0.6 is 0 Å². The van der Waals surface area contributed by atoms with Crippen LogP contribution in [0, 0.1) is 5.41 Å². The lowest BCUT2D eigenvalue weighted by Gasteiger charge is -2.32. The second-order valence-electron chi connectivity index (χ2n) is 6.49. The third kappa shape index (κ3) is 4.94. The number of rotatable bonds is 7. The maximum atomic E-state index is 12.3.